The number of pyridine rings is 1. The average molecular weight is 286 g/mol. The highest BCUT2D eigenvalue weighted by Gasteiger charge is 2.25. The summed E-state index contributed by atoms with van der Waals surface area (Å²) in [5, 5.41) is 0. The smallest absolute Gasteiger partial charge is 0.258 e. The molecular formula is C16H22N4O. The molecule has 5 nitrogen and oxygen atoms in total. The molecule has 5 heteroatoms. The number of rotatable bonds is 3. The molecule has 0 saturated carbocycles. The Labute approximate surface area is 124 Å². The molecular weight excluding hydrogens is 264 g/mol. The van der Waals surface area contributed by atoms with Gasteiger partial charge in [0, 0.05) is 31.4 Å². The van der Waals surface area contributed by atoms with E-state index < -0.39 is 0 Å². The molecule has 112 valence electrons. The molecule has 0 amide bonds. The minimum Gasteiger partial charge on any atom is -0.328 e. The molecule has 1 saturated heterocycles. The van der Waals surface area contributed by atoms with Gasteiger partial charge in [-0.05, 0) is 44.4 Å². The standard InChI is InChI=1S/C16H22N4O/c1-11-3-4-15-18-14(7-16(21)20(15)8-11)10-19-6-5-13(9-19)12(2)17/h3-4,7-8,12-13H,5-6,9-10,17H2,1-2H3. The molecule has 2 aromatic heterocycles. The third kappa shape index (κ3) is 2.99. The molecule has 0 aromatic carbocycles. The van der Waals surface area contributed by atoms with E-state index in [0.717, 1.165) is 37.3 Å². The molecule has 2 aromatic rings. The summed E-state index contributed by atoms with van der Waals surface area (Å²) in [5.41, 5.74) is 8.57. The Balaban J connectivity index is 1.82. The van der Waals surface area contributed by atoms with E-state index in [4.69, 9.17) is 5.73 Å². The van der Waals surface area contributed by atoms with Gasteiger partial charge in [0.2, 0.25) is 0 Å². The van der Waals surface area contributed by atoms with Crippen molar-refractivity contribution in [2.75, 3.05) is 13.1 Å². The van der Waals surface area contributed by atoms with E-state index in [1.807, 2.05) is 25.3 Å². The van der Waals surface area contributed by atoms with Crippen LogP contribution in [0.1, 0.15) is 24.6 Å². The molecule has 2 N–H and O–H groups in total. The van der Waals surface area contributed by atoms with Gasteiger partial charge in [-0.1, -0.05) is 6.07 Å². The molecule has 3 heterocycles. The minimum absolute atomic E-state index is 0.0124. The van der Waals surface area contributed by atoms with Crippen LogP contribution < -0.4 is 11.3 Å². The molecule has 0 bridgehead atoms. The highest BCUT2D eigenvalue weighted by atomic mass is 16.1. The number of aryl methyl sites for hydroxylation is 1. The van der Waals surface area contributed by atoms with Crippen LogP contribution in [-0.4, -0.2) is 33.4 Å². The molecule has 0 aliphatic carbocycles. The molecule has 2 unspecified atom stereocenters. The van der Waals surface area contributed by atoms with Gasteiger partial charge in [0.05, 0.1) is 5.69 Å². The van der Waals surface area contributed by atoms with Crippen LogP contribution in [0.3, 0.4) is 0 Å². The Morgan fingerprint density at radius 3 is 3.00 bits per heavy atom. The van der Waals surface area contributed by atoms with Gasteiger partial charge < -0.3 is 5.73 Å². The summed E-state index contributed by atoms with van der Waals surface area (Å²) in [7, 11) is 0. The van der Waals surface area contributed by atoms with Crippen LogP contribution in [0.4, 0.5) is 0 Å². The Bertz CT molecular complexity index is 707. The maximum Gasteiger partial charge on any atom is 0.258 e. The fourth-order valence-electron chi connectivity index (χ4n) is 3.00. The zero-order chi connectivity index (χ0) is 15.0. The Hall–Kier alpha value is -1.72. The topological polar surface area (TPSA) is 63.6 Å². The van der Waals surface area contributed by atoms with Crippen molar-refractivity contribution in [2.45, 2.75) is 32.9 Å². The zero-order valence-electron chi connectivity index (χ0n) is 12.6. The van der Waals surface area contributed by atoms with Crippen molar-refractivity contribution >= 4 is 5.65 Å². The highest BCUT2D eigenvalue weighted by molar-refractivity contribution is 5.39. The first-order valence-electron chi connectivity index (χ1n) is 7.50. The fraction of sp³-hybridized carbons (Fsp3) is 0.500. The molecule has 3 rings (SSSR count). The van der Waals surface area contributed by atoms with E-state index in [9.17, 15) is 4.79 Å². The number of hydrogen-bond acceptors (Lipinski definition) is 4. The third-order valence-electron chi connectivity index (χ3n) is 4.30. The van der Waals surface area contributed by atoms with Crippen molar-refractivity contribution in [3.63, 3.8) is 0 Å². The Kier molecular flexibility index (Phi) is 3.78. The molecule has 2 atom stereocenters. The lowest BCUT2D eigenvalue weighted by atomic mass is 10.0. The van der Waals surface area contributed by atoms with Gasteiger partial charge in [0.1, 0.15) is 5.65 Å². The largest absolute Gasteiger partial charge is 0.328 e. The number of likely N-dealkylation sites (tertiary alicyclic amines) is 1. The van der Waals surface area contributed by atoms with Crippen LogP contribution in [-0.2, 0) is 6.54 Å². The lowest BCUT2D eigenvalue weighted by Crippen LogP contribution is -2.30. The second-order valence-electron chi connectivity index (χ2n) is 6.16. The summed E-state index contributed by atoms with van der Waals surface area (Å²) in [6.45, 7) is 6.78. The summed E-state index contributed by atoms with van der Waals surface area (Å²) >= 11 is 0. The monoisotopic (exact) mass is 286 g/mol. The number of fused-ring (bicyclic) bond motifs is 1. The molecule has 21 heavy (non-hydrogen) atoms. The van der Waals surface area contributed by atoms with Crippen LogP contribution in [0.15, 0.2) is 29.2 Å². The first-order valence-corrected chi connectivity index (χ1v) is 7.50. The van der Waals surface area contributed by atoms with Crippen molar-refractivity contribution in [3.05, 3.63) is 46.0 Å². The van der Waals surface area contributed by atoms with E-state index >= 15 is 0 Å². The number of hydrogen-bond donors (Lipinski definition) is 1. The number of nitrogens with zero attached hydrogens (tertiary/aromatic N) is 3. The summed E-state index contributed by atoms with van der Waals surface area (Å²) in [6.07, 6.45) is 2.96. The van der Waals surface area contributed by atoms with Crippen molar-refractivity contribution in [1.29, 1.82) is 0 Å². The first-order chi connectivity index (χ1) is 10.0. The molecule has 1 aliphatic heterocycles. The molecule has 1 aliphatic rings. The van der Waals surface area contributed by atoms with Crippen molar-refractivity contribution in [1.82, 2.24) is 14.3 Å². The van der Waals surface area contributed by atoms with Crippen LogP contribution >= 0.6 is 0 Å². The zero-order valence-corrected chi connectivity index (χ0v) is 12.6. The van der Waals surface area contributed by atoms with E-state index in [-0.39, 0.29) is 11.6 Å². The average Bonchev–Trinajstić information content (AvgIpc) is 2.88. The summed E-state index contributed by atoms with van der Waals surface area (Å²) in [5.74, 6) is 0.550. The number of nitrogens with two attached hydrogens (primary N) is 1. The van der Waals surface area contributed by atoms with Gasteiger partial charge in [-0.3, -0.25) is 14.1 Å². The maximum atomic E-state index is 12.2. The fourth-order valence-corrected chi connectivity index (χ4v) is 3.00. The van der Waals surface area contributed by atoms with Crippen molar-refractivity contribution in [2.24, 2.45) is 11.7 Å². The van der Waals surface area contributed by atoms with E-state index in [2.05, 4.69) is 16.8 Å². The Morgan fingerprint density at radius 2 is 2.29 bits per heavy atom. The van der Waals surface area contributed by atoms with Crippen molar-refractivity contribution < 1.29 is 0 Å². The van der Waals surface area contributed by atoms with Crippen LogP contribution in [0.2, 0.25) is 0 Å². The summed E-state index contributed by atoms with van der Waals surface area (Å²) in [6, 6.07) is 5.75. The van der Waals surface area contributed by atoms with Gasteiger partial charge in [-0.25, -0.2) is 4.98 Å². The molecule has 0 radical (unpaired) electrons. The van der Waals surface area contributed by atoms with Gasteiger partial charge in [-0.2, -0.15) is 0 Å². The lowest BCUT2D eigenvalue weighted by molar-refractivity contribution is 0.305. The van der Waals surface area contributed by atoms with Crippen LogP contribution in [0.25, 0.3) is 5.65 Å². The number of aromatic nitrogens is 2. The Morgan fingerprint density at radius 1 is 1.48 bits per heavy atom. The van der Waals surface area contributed by atoms with E-state index in [0.29, 0.717) is 11.6 Å². The SMILES string of the molecule is Cc1ccc2nc(CN3CCC(C(C)N)C3)cc(=O)n2c1. The maximum absolute atomic E-state index is 12.2. The second-order valence-corrected chi connectivity index (χ2v) is 6.16. The summed E-state index contributed by atoms with van der Waals surface area (Å²) < 4.78 is 1.60. The predicted molar refractivity (Wildman–Crippen MR) is 83.2 cm³/mol. The minimum atomic E-state index is -0.0124. The quantitative estimate of drug-likeness (QED) is 0.920. The normalized spacial score (nSPS) is 21.0. The van der Waals surface area contributed by atoms with E-state index in [1.165, 1.54) is 0 Å². The third-order valence-corrected chi connectivity index (χ3v) is 4.30. The first kappa shape index (κ1) is 14.2. The van der Waals surface area contributed by atoms with Gasteiger partial charge >= 0.3 is 0 Å². The molecule has 1 fully saturated rings. The highest BCUT2D eigenvalue weighted by Crippen LogP contribution is 2.20. The molecule has 0 spiro atoms. The van der Waals surface area contributed by atoms with Crippen molar-refractivity contribution in [3.8, 4) is 0 Å². The van der Waals surface area contributed by atoms with Crippen LogP contribution in [0.5, 0.6) is 0 Å². The van der Waals surface area contributed by atoms with Crippen LogP contribution in [0, 0.1) is 12.8 Å². The predicted octanol–water partition coefficient (Wildman–Crippen LogP) is 1.17. The summed E-state index contributed by atoms with van der Waals surface area (Å²) in [4.78, 5) is 19.1. The lowest BCUT2D eigenvalue weighted by Gasteiger charge is -2.17. The van der Waals surface area contributed by atoms with E-state index in [1.54, 1.807) is 10.5 Å². The van der Waals surface area contributed by atoms with Gasteiger partial charge in [0.25, 0.3) is 5.56 Å². The van der Waals surface area contributed by atoms with Gasteiger partial charge in [-0.15, -0.1) is 0 Å². The van der Waals surface area contributed by atoms with Gasteiger partial charge in [0.15, 0.2) is 0 Å². The second kappa shape index (κ2) is 5.58.